The predicted octanol–water partition coefficient (Wildman–Crippen LogP) is 5.64. The molecule has 4 amide bonds. The van der Waals surface area contributed by atoms with E-state index in [2.05, 4.69) is 0 Å². The number of barbiturate groups is 1. The Morgan fingerprint density at radius 2 is 1.31 bits per heavy atom. The molecule has 0 atom stereocenters. The van der Waals surface area contributed by atoms with Gasteiger partial charge in [-0.2, -0.15) is 0 Å². The smallest absolute Gasteiger partial charge is 0.268 e. The van der Waals surface area contributed by atoms with Gasteiger partial charge >= 0.3 is 6.03 Å². The highest BCUT2D eigenvalue weighted by atomic mass is 35.5. The molecule has 2 aromatic carbocycles. The minimum atomic E-state index is -0.798. The van der Waals surface area contributed by atoms with E-state index in [-0.39, 0.29) is 16.9 Å². The van der Waals surface area contributed by atoms with E-state index in [9.17, 15) is 14.4 Å². The van der Waals surface area contributed by atoms with Gasteiger partial charge in [0.05, 0.1) is 11.4 Å². The zero-order valence-electron chi connectivity index (χ0n) is 14.7. The second-order valence-corrected chi connectivity index (χ2v) is 7.95. The van der Waals surface area contributed by atoms with Crippen molar-refractivity contribution in [3.63, 3.8) is 0 Å². The number of carbonyl (C=O) groups is 3. The lowest BCUT2D eigenvalue weighted by Gasteiger charge is -2.34. The number of amides is 4. The zero-order chi connectivity index (χ0) is 20.5. The number of rotatable bonds is 3. The first-order chi connectivity index (χ1) is 14.0. The minimum Gasteiger partial charge on any atom is -0.268 e. The van der Waals surface area contributed by atoms with Gasteiger partial charge in [-0.3, -0.25) is 9.59 Å². The first kappa shape index (κ1) is 19.4. The molecule has 5 nitrogen and oxygen atoms in total. The second-order valence-electron chi connectivity index (χ2n) is 6.10. The number of carbonyl (C=O) groups excluding carboxylic acids is 3. The summed E-state index contributed by atoms with van der Waals surface area (Å²) in [5.41, 5.74) is 0.403. The molecule has 0 bridgehead atoms. The average Bonchev–Trinajstić information content (AvgIpc) is 3.19. The molecule has 0 radical (unpaired) electrons. The standard InChI is InChI=1S/C21H12Cl2N2O3S/c22-13-4-1-6-15(10-13)24-19(26)18(12-17-8-3-9-29-17)20(27)25(21(24)28)16-7-2-5-14(23)11-16/h1-12H. The lowest BCUT2D eigenvalue weighted by atomic mass is 10.1. The minimum absolute atomic E-state index is 0.132. The van der Waals surface area contributed by atoms with Gasteiger partial charge in [0.2, 0.25) is 0 Å². The molecule has 144 valence electrons. The van der Waals surface area contributed by atoms with E-state index in [0.29, 0.717) is 14.9 Å². The van der Waals surface area contributed by atoms with Crippen molar-refractivity contribution in [1.82, 2.24) is 0 Å². The van der Waals surface area contributed by atoms with Crippen molar-refractivity contribution >= 4 is 69.8 Å². The van der Waals surface area contributed by atoms with Gasteiger partial charge in [0.15, 0.2) is 0 Å². The predicted molar refractivity (Wildman–Crippen MR) is 116 cm³/mol. The summed E-state index contributed by atoms with van der Waals surface area (Å²) in [5.74, 6) is -1.43. The van der Waals surface area contributed by atoms with Crippen LogP contribution in [0.3, 0.4) is 0 Å². The summed E-state index contributed by atoms with van der Waals surface area (Å²) >= 11 is 13.5. The first-order valence-electron chi connectivity index (χ1n) is 8.45. The highest BCUT2D eigenvalue weighted by Gasteiger charge is 2.43. The van der Waals surface area contributed by atoms with Crippen molar-refractivity contribution in [2.45, 2.75) is 0 Å². The van der Waals surface area contributed by atoms with Gasteiger partial charge in [-0.15, -0.1) is 11.3 Å². The van der Waals surface area contributed by atoms with Gasteiger partial charge in [0.1, 0.15) is 5.57 Å². The highest BCUT2D eigenvalue weighted by Crippen LogP contribution is 2.32. The molecular formula is C21H12Cl2N2O3S. The molecule has 0 N–H and O–H groups in total. The van der Waals surface area contributed by atoms with E-state index in [1.54, 1.807) is 42.5 Å². The van der Waals surface area contributed by atoms with E-state index >= 15 is 0 Å². The molecule has 0 aliphatic carbocycles. The number of anilines is 2. The molecule has 0 saturated carbocycles. The fourth-order valence-corrected chi connectivity index (χ4v) is 3.96. The molecule has 29 heavy (non-hydrogen) atoms. The molecule has 2 heterocycles. The van der Waals surface area contributed by atoms with Crippen LogP contribution in [-0.4, -0.2) is 17.8 Å². The maximum atomic E-state index is 13.2. The number of hydrogen-bond acceptors (Lipinski definition) is 4. The van der Waals surface area contributed by atoms with Crippen molar-refractivity contribution < 1.29 is 14.4 Å². The molecule has 0 spiro atoms. The van der Waals surface area contributed by atoms with E-state index < -0.39 is 17.8 Å². The normalized spacial score (nSPS) is 14.6. The van der Waals surface area contributed by atoms with Crippen LogP contribution in [0.15, 0.2) is 71.6 Å². The summed E-state index contributed by atoms with van der Waals surface area (Å²) in [6.07, 6.45) is 1.48. The third-order valence-corrected chi connectivity index (χ3v) is 5.50. The average molecular weight is 443 g/mol. The van der Waals surface area contributed by atoms with Crippen LogP contribution in [-0.2, 0) is 9.59 Å². The van der Waals surface area contributed by atoms with E-state index in [1.165, 1.54) is 29.5 Å². The Bertz CT molecular complexity index is 1090. The van der Waals surface area contributed by atoms with Gasteiger partial charge in [0.25, 0.3) is 11.8 Å². The number of halogens is 2. The van der Waals surface area contributed by atoms with Crippen molar-refractivity contribution in [2.24, 2.45) is 0 Å². The topological polar surface area (TPSA) is 57.7 Å². The van der Waals surface area contributed by atoms with Crippen LogP contribution in [0, 0.1) is 0 Å². The Balaban J connectivity index is 1.89. The molecule has 1 aromatic heterocycles. The molecule has 8 heteroatoms. The second kappa shape index (κ2) is 7.83. The van der Waals surface area contributed by atoms with Crippen LogP contribution in [0.4, 0.5) is 16.2 Å². The van der Waals surface area contributed by atoms with Gasteiger partial charge in [-0.25, -0.2) is 14.6 Å². The van der Waals surface area contributed by atoms with Gasteiger partial charge in [-0.1, -0.05) is 41.4 Å². The number of benzene rings is 2. The van der Waals surface area contributed by atoms with Crippen LogP contribution < -0.4 is 9.80 Å². The third kappa shape index (κ3) is 3.70. The largest absolute Gasteiger partial charge is 0.343 e. The van der Waals surface area contributed by atoms with Crippen LogP contribution in [0.1, 0.15) is 4.88 Å². The Labute approximate surface area is 180 Å². The van der Waals surface area contributed by atoms with Crippen molar-refractivity contribution in [2.75, 3.05) is 9.80 Å². The molecule has 1 aliphatic rings. The zero-order valence-corrected chi connectivity index (χ0v) is 17.0. The van der Waals surface area contributed by atoms with E-state index in [4.69, 9.17) is 23.2 Å². The summed E-state index contributed by atoms with van der Waals surface area (Å²) in [7, 11) is 0. The first-order valence-corrected chi connectivity index (χ1v) is 10.1. The molecule has 1 aliphatic heterocycles. The SMILES string of the molecule is O=C1C(=Cc2cccs2)C(=O)N(c2cccc(Cl)c2)C(=O)N1c1cccc(Cl)c1. The monoisotopic (exact) mass is 442 g/mol. The summed E-state index contributed by atoms with van der Waals surface area (Å²) < 4.78 is 0. The van der Waals surface area contributed by atoms with Gasteiger partial charge in [0, 0.05) is 14.9 Å². The Kier molecular flexibility index (Phi) is 5.24. The summed E-state index contributed by atoms with van der Waals surface area (Å²) in [5, 5.41) is 2.55. The van der Waals surface area contributed by atoms with Crippen molar-refractivity contribution in [3.8, 4) is 0 Å². The number of urea groups is 1. The third-order valence-electron chi connectivity index (χ3n) is 4.21. The summed E-state index contributed by atoms with van der Waals surface area (Å²) in [4.78, 5) is 42.1. The molecule has 1 fully saturated rings. The number of imide groups is 2. The van der Waals surface area contributed by atoms with Crippen LogP contribution >= 0.6 is 34.5 Å². The summed E-state index contributed by atoms with van der Waals surface area (Å²) in [6.45, 7) is 0. The lowest BCUT2D eigenvalue weighted by molar-refractivity contribution is -0.121. The van der Waals surface area contributed by atoms with Crippen molar-refractivity contribution in [3.05, 3.63) is 86.5 Å². The van der Waals surface area contributed by atoms with E-state index in [1.807, 2.05) is 11.4 Å². The van der Waals surface area contributed by atoms with Crippen LogP contribution in [0.25, 0.3) is 6.08 Å². The highest BCUT2D eigenvalue weighted by molar-refractivity contribution is 7.10. The molecule has 4 rings (SSSR count). The quantitative estimate of drug-likeness (QED) is 0.389. The Morgan fingerprint density at radius 1 is 0.759 bits per heavy atom. The molecule has 3 aromatic rings. The maximum Gasteiger partial charge on any atom is 0.343 e. The maximum absolute atomic E-state index is 13.2. The lowest BCUT2D eigenvalue weighted by Crippen LogP contribution is -2.57. The molecule has 0 unspecified atom stereocenters. The van der Waals surface area contributed by atoms with Crippen LogP contribution in [0.5, 0.6) is 0 Å². The van der Waals surface area contributed by atoms with Crippen molar-refractivity contribution in [1.29, 1.82) is 0 Å². The van der Waals surface area contributed by atoms with Gasteiger partial charge in [-0.05, 0) is 53.9 Å². The summed E-state index contributed by atoms with van der Waals surface area (Å²) in [6, 6.07) is 15.4. The number of thiophene rings is 1. The van der Waals surface area contributed by atoms with Gasteiger partial charge < -0.3 is 0 Å². The fraction of sp³-hybridized carbons (Fsp3) is 0. The Hall–Kier alpha value is -2.93. The molecular weight excluding hydrogens is 431 g/mol. The fourth-order valence-electron chi connectivity index (χ4n) is 2.93. The van der Waals surface area contributed by atoms with E-state index in [0.717, 1.165) is 9.80 Å². The molecule has 1 saturated heterocycles. The number of hydrogen-bond donors (Lipinski definition) is 0. The number of nitrogens with zero attached hydrogens (tertiary/aromatic N) is 2. The van der Waals surface area contributed by atoms with Crippen LogP contribution in [0.2, 0.25) is 10.0 Å². The Morgan fingerprint density at radius 3 is 1.76 bits per heavy atom.